The predicted octanol–water partition coefficient (Wildman–Crippen LogP) is 2.95. The molecule has 1 aromatic carbocycles. The van der Waals surface area contributed by atoms with Gasteiger partial charge in [0.15, 0.2) is 5.78 Å². The van der Waals surface area contributed by atoms with E-state index in [1.54, 1.807) is 0 Å². The molecule has 2 N–H and O–H groups in total. The Morgan fingerprint density at radius 2 is 2.13 bits per heavy atom. The predicted molar refractivity (Wildman–Crippen MR) is 61.9 cm³/mol. The van der Waals surface area contributed by atoms with Crippen LogP contribution in [0, 0.1) is 12.3 Å². The van der Waals surface area contributed by atoms with Crippen LogP contribution in [-0.4, -0.2) is 5.78 Å². The van der Waals surface area contributed by atoms with Crippen molar-refractivity contribution in [3.05, 3.63) is 29.3 Å². The van der Waals surface area contributed by atoms with E-state index in [-0.39, 0.29) is 5.41 Å². The second-order valence-corrected chi connectivity index (χ2v) is 4.53. The molecule has 0 unspecified atom stereocenters. The van der Waals surface area contributed by atoms with Crippen molar-refractivity contribution in [1.29, 1.82) is 0 Å². The van der Waals surface area contributed by atoms with Crippen molar-refractivity contribution in [2.24, 2.45) is 5.41 Å². The first-order valence-corrected chi connectivity index (χ1v) is 5.50. The van der Waals surface area contributed by atoms with Crippen LogP contribution in [0.5, 0.6) is 0 Å². The molecule has 2 heteroatoms. The maximum Gasteiger partial charge on any atom is 0.169 e. The largest absolute Gasteiger partial charge is 0.399 e. The van der Waals surface area contributed by atoms with Crippen LogP contribution in [0.4, 0.5) is 5.69 Å². The van der Waals surface area contributed by atoms with Crippen LogP contribution in [0.15, 0.2) is 18.2 Å². The van der Waals surface area contributed by atoms with Gasteiger partial charge in [-0.1, -0.05) is 6.92 Å². The fraction of sp³-hybridized carbons (Fsp3) is 0.462. The van der Waals surface area contributed by atoms with Gasteiger partial charge in [0.2, 0.25) is 0 Å². The second kappa shape index (κ2) is 3.37. The molecular weight excluding hydrogens is 186 g/mol. The highest BCUT2D eigenvalue weighted by Gasteiger charge is 2.47. The van der Waals surface area contributed by atoms with Crippen LogP contribution < -0.4 is 5.73 Å². The molecule has 0 amide bonds. The van der Waals surface area contributed by atoms with E-state index in [0.29, 0.717) is 5.78 Å². The number of nitrogens with two attached hydrogens (primary N) is 1. The molecule has 0 radical (unpaired) electrons. The number of ketones is 1. The lowest BCUT2D eigenvalue weighted by molar-refractivity contribution is 0.0896. The Balaban J connectivity index is 2.30. The lowest BCUT2D eigenvalue weighted by Gasteiger charge is -2.12. The summed E-state index contributed by atoms with van der Waals surface area (Å²) in [7, 11) is 0. The maximum atomic E-state index is 12.2. The van der Waals surface area contributed by atoms with Gasteiger partial charge in [0.25, 0.3) is 0 Å². The Bertz CT molecular complexity index is 405. The molecule has 0 atom stereocenters. The number of aryl methyl sites for hydroxylation is 1. The average molecular weight is 203 g/mol. The normalized spacial score (nSPS) is 17.5. The van der Waals surface area contributed by atoms with E-state index in [4.69, 9.17) is 5.73 Å². The summed E-state index contributed by atoms with van der Waals surface area (Å²) in [4.78, 5) is 12.2. The molecule has 1 aromatic rings. The molecule has 0 aromatic heterocycles. The van der Waals surface area contributed by atoms with Crippen LogP contribution in [0.25, 0.3) is 0 Å². The lowest BCUT2D eigenvalue weighted by atomic mass is 9.91. The van der Waals surface area contributed by atoms with Crippen molar-refractivity contribution < 1.29 is 4.79 Å². The monoisotopic (exact) mass is 203 g/mol. The first-order chi connectivity index (χ1) is 7.09. The topological polar surface area (TPSA) is 43.1 Å². The zero-order chi connectivity index (χ0) is 11.1. The van der Waals surface area contributed by atoms with Gasteiger partial charge in [-0.25, -0.2) is 0 Å². The minimum Gasteiger partial charge on any atom is -0.399 e. The standard InChI is InChI=1S/C13H17NO/c1-3-13(6-7-13)12(15)10-4-5-11(14)9(2)8-10/h4-5,8H,3,6-7,14H2,1-2H3. The molecule has 2 nitrogen and oxygen atoms in total. The number of benzene rings is 1. The molecule has 0 saturated heterocycles. The summed E-state index contributed by atoms with van der Waals surface area (Å²) in [6, 6.07) is 5.59. The van der Waals surface area contributed by atoms with E-state index in [9.17, 15) is 4.79 Å². The Labute approximate surface area is 90.5 Å². The van der Waals surface area contributed by atoms with Crippen molar-refractivity contribution in [3.8, 4) is 0 Å². The van der Waals surface area contributed by atoms with Gasteiger partial charge < -0.3 is 5.73 Å². The lowest BCUT2D eigenvalue weighted by Crippen LogP contribution is -2.15. The summed E-state index contributed by atoms with van der Waals surface area (Å²) >= 11 is 0. The van der Waals surface area contributed by atoms with Gasteiger partial charge in [-0.2, -0.15) is 0 Å². The highest BCUT2D eigenvalue weighted by Crippen LogP contribution is 2.51. The number of hydrogen-bond acceptors (Lipinski definition) is 2. The molecule has 2 rings (SSSR count). The summed E-state index contributed by atoms with van der Waals surface area (Å²) in [5.41, 5.74) is 8.27. The van der Waals surface area contributed by atoms with Crippen molar-refractivity contribution in [2.75, 3.05) is 5.73 Å². The Hall–Kier alpha value is -1.31. The van der Waals surface area contributed by atoms with Gasteiger partial charge in [0.05, 0.1) is 0 Å². The quantitative estimate of drug-likeness (QED) is 0.606. The molecule has 1 saturated carbocycles. The summed E-state index contributed by atoms with van der Waals surface area (Å²) in [5, 5.41) is 0. The van der Waals surface area contributed by atoms with E-state index in [1.807, 2.05) is 25.1 Å². The molecule has 80 valence electrons. The third-order valence-corrected chi connectivity index (χ3v) is 3.54. The van der Waals surface area contributed by atoms with Crippen molar-refractivity contribution in [2.45, 2.75) is 33.1 Å². The van der Waals surface area contributed by atoms with E-state index in [0.717, 1.165) is 36.1 Å². The van der Waals surface area contributed by atoms with Crippen molar-refractivity contribution >= 4 is 11.5 Å². The van der Waals surface area contributed by atoms with Crippen LogP contribution in [0.1, 0.15) is 42.1 Å². The molecule has 0 bridgehead atoms. The summed E-state index contributed by atoms with van der Waals surface area (Å²) in [6.07, 6.45) is 3.05. The van der Waals surface area contributed by atoms with Gasteiger partial charge in [-0.05, 0) is 49.9 Å². The van der Waals surface area contributed by atoms with Crippen LogP contribution in [0.2, 0.25) is 0 Å². The Morgan fingerprint density at radius 1 is 1.47 bits per heavy atom. The van der Waals surface area contributed by atoms with Crippen molar-refractivity contribution in [1.82, 2.24) is 0 Å². The minimum absolute atomic E-state index is 0.0391. The zero-order valence-electron chi connectivity index (χ0n) is 9.34. The van der Waals surface area contributed by atoms with Gasteiger partial charge in [0.1, 0.15) is 0 Å². The van der Waals surface area contributed by atoms with Gasteiger partial charge >= 0.3 is 0 Å². The number of hydrogen-bond donors (Lipinski definition) is 1. The van der Waals surface area contributed by atoms with Crippen molar-refractivity contribution in [3.63, 3.8) is 0 Å². The second-order valence-electron chi connectivity index (χ2n) is 4.53. The third kappa shape index (κ3) is 1.65. The number of carbonyl (C=O) groups excluding carboxylic acids is 1. The highest BCUT2D eigenvalue weighted by molar-refractivity contribution is 6.02. The first kappa shape index (κ1) is 10.2. The van der Waals surface area contributed by atoms with Gasteiger partial charge in [-0.15, -0.1) is 0 Å². The molecule has 15 heavy (non-hydrogen) atoms. The number of nitrogen functional groups attached to an aromatic ring is 1. The van der Waals surface area contributed by atoms with E-state index in [1.165, 1.54) is 0 Å². The molecule has 1 fully saturated rings. The molecule has 0 heterocycles. The number of carbonyl (C=O) groups is 1. The number of Topliss-reactive ketones (excluding diaryl/α,β-unsaturated/α-hetero) is 1. The van der Waals surface area contributed by atoms with Crippen LogP contribution in [-0.2, 0) is 0 Å². The van der Waals surface area contributed by atoms with E-state index < -0.39 is 0 Å². The van der Waals surface area contributed by atoms with E-state index >= 15 is 0 Å². The summed E-state index contributed by atoms with van der Waals surface area (Å²) < 4.78 is 0. The smallest absolute Gasteiger partial charge is 0.169 e. The summed E-state index contributed by atoms with van der Waals surface area (Å²) in [6.45, 7) is 4.03. The summed E-state index contributed by atoms with van der Waals surface area (Å²) in [5.74, 6) is 0.299. The SMILES string of the molecule is CCC1(C(=O)c2ccc(N)c(C)c2)CC1. The molecule has 1 aliphatic rings. The zero-order valence-corrected chi connectivity index (χ0v) is 9.34. The number of rotatable bonds is 3. The van der Waals surface area contributed by atoms with E-state index in [2.05, 4.69) is 6.92 Å². The molecule has 1 aliphatic carbocycles. The minimum atomic E-state index is -0.0391. The molecular formula is C13H17NO. The fourth-order valence-electron chi connectivity index (χ4n) is 2.02. The third-order valence-electron chi connectivity index (χ3n) is 3.54. The Morgan fingerprint density at radius 3 is 2.60 bits per heavy atom. The average Bonchev–Trinajstić information content (AvgIpc) is 3.02. The van der Waals surface area contributed by atoms with Crippen LogP contribution >= 0.6 is 0 Å². The maximum absolute atomic E-state index is 12.2. The first-order valence-electron chi connectivity index (χ1n) is 5.50. The van der Waals surface area contributed by atoms with Gasteiger partial charge in [-0.3, -0.25) is 4.79 Å². The van der Waals surface area contributed by atoms with Crippen LogP contribution in [0.3, 0.4) is 0 Å². The fourth-order valence-corrected chi connectivity index (χ4v) is 2.02. The number of anilines is 1. The molecule has 0 aliphatic heterocycles. The Kier molecular flexibility index (Phi) is 2.29. The molecule has 0 spiro atoms. The van der Waals surface area contributed by atoms with Gasteiger partial charge in [0, 0.05) is 16.7 Å². The highest BCUT2D eigenvalue weighted by atomic mass is 16.1.